The molecule has 0 unspecified atom stereocenters. The van der Waals surface area contributed by atoms with Gasteiger partial charge < -0.3 is 19.9 Å². The van der Waals surface area contributed by atoms with Crippen LogP contribution >= 0.6 is 0 Å². The van der Waals surface area contributed by atoms with Crippen LogP contribution in [0, 0.1) is 5.92 Å². The van der Waals surface area contributed by atoms with Crippen LogP contribution in [0.4, 0.5) is 5.69 Å². The maximum atomic E-state index is 12.9. The lowest BCUT2D eigenvalue weighted by molar-refractivity contribution is -0.150. The number of hydrogen-bond donors (Lipinski definition) is 2. The number of methoxy groups -OCH3 is 1. The predicted octanol–water partition coefficient (Wildman–Crippen LogP) is 2.76. The number of aromatic nitrogens is 2. The molecular formula is C22H28N4O4. The third-order valence-corrected chi connectivity index (χ3v) is 5.62. The minimum Gasteiger partial charge on any atom is -0.467 e. The fourth-order valence-corrected chi connectivity index (χ4v) is 3.73. The molecule has 1 heterocycles. The molecule has 0 spiro atoms. The molecule has 2 aromatic rings. The Hall–Kier alpha value is -3.16. The zero-order chi connectivity index (χ0) is 21.6. The minimum atomic E-state index is -0.998. The maximum Gasteiger partial charge on any atom is 0.331 e. The van der Waals surface area contributed by atoms with Crippen LogP contribution in [0.25, 0.3) is 0 Å². The topological polar surface area (TPSA) is 102 Å². The molecule has 1 aliphatic rings. The number of rotatable bonds is 7. The van der Waals surface area contributed by atoms with Crippen molar-refractivity contribution in [2.45, 2.75) is 51.1 Å². The first-order valence-electron chi connectivity index (χ1n) is 10.2. The van der Waals surface area contributed by atoms with E-state index in [2.05, 4.69) is 22.5 Å². The first kappa shape index (κ1) is 21.5. The molecule has 0 bridgehead atoms. The van der Waals surface area contributed by atoms with E-state index in [9.17, 15) is 14.4 Å². The molecule has 3 rings (SSSR count). The van der Waals surface area contributed by atoms with Crippen LogP contribution in [0.3, 0.4) is 0 Å². The van der Waals surface area contributed by atoms with Crippen molar-refractivity contribution < 1.29 is 19.1 Å². The van der Waals surface area contributed by atoms with E-state index < -0.39 is 11.5 Å². The van der Waals surface area contributed by atoms with E-state index in [0.717, 1.165) is 12.8 Å². The predicted molar refractivity (Wildman–Crippen MR) is 112 cm³/mol. The van der Waals surface area contributed by atoms with Gasteiger partial charge in [-0.2, -0.15) is 0 Å². The van der Waals surface area contributed by atoms with Gasteiger partial charge in [0.2, 0.25) is 5.91 Å². The Bertz CT molecular complexity index is 886. The normalized spacial score (nSPS) is 20.9. The van der Waals surface area contributed by atoms with Crippen LogP contribution in [0.5, 0.6) is 0 Å². The van der Waals surface area contributed by atoms with Crippen molar-refractivity contribution in [2.24, 2.45) is 5.92 Å². The maximum absolute atomic E-state index is 12.9. The summed E-state index contributed by atoms with van der Waals surface area (Å²) in [5.41, 5.74) is -0.0884. The summed E-state index contributed by atoms with van der Waals surface area (Å²) in [5, 5.41) is 5.72. The zero-order valence-electron chi connectivity index (χ0n) is 17.4. The van der Waals surface area contributed by atoms with Crippen molar-refractivity contribution in [1.82, 2.24) is 14.9 Å². The molecule has 30 heavy (non-hydrogen) atoms. The second-order valence-electron chi connectivity index (χ2n) is 7.89. The highest BCUT2D eigenvalue weighted by Crippen LogP contribution is 2.33. The number of amides is 2. The molecule has 2 N–H and O–H groups in total. The standard InChI is InChI=1S/C22H28N4O4/c1-16-6-9-22(10-7-16,21(29)30-2)25-20(28)17-4-3-5-18(14-17)24-19(27)8-12-26-13-11-23-15-26/h3-5,11,13-16H,6-10,12H2,1-2H3,(H,24,27)(H,25,28). The SMILES string of the molecule is COC(=O)C1(NC(=O)c2cccc(NC(=O)CCn3ccnc3)c2)CCC(C)CC1. The summed E-state index contributed by atoms with van der Waals surface area (Å²) in [6.45, 7) is 2.66. The molecule has 1 aliphatic carbocycles. The highest BCUT2D eigenvalue weighted by molar-refractivity contribution is 6.00. The molecule has 1 aromatic carbocycles. The van der Waals surface area contributed by atoms with E-state index in [1.54, 1.807) is 43.0 Å². The van der Waals surface area contributed by atoms with Gasteiger partial charge in [0, 0.05) is 36.6 Å². The van der Waals surface area contributed by atoms with E-state index in [-0.39, 0.29) is 18.2 Å². The van der Waals surface area contributed by atoms with Gasteiger partial charge >= 0.3 is 5.97 Å². The smallest absolute Gasteiger partial charge is 0.331 e. The molecule has 0 radical (unpaired) electrons. The summed E-state index contributed by atoms with van der Waals surface area (Å²) >= 11 is 0. The monoisotopic (exact) mass is 412 g/mol. The summed E-state index contributed by atoms with van der Waals surface area (Å²) in [7, 11) is 1.34. The van der Waals surface area contributed by atoms with Crippen LogP contribution in [0.15, 0.2) is 43.0 Å². The van der Waals surface area contributed by atoms with E-state index >= 15 is 0 Å². The highest BCUT2D eigenvalue weighted by Gasteiger charge is 2.43. The lowest BCUT2D eigenvalue weighted by Crippen LogP contribution is -2.56. The molecule has 0 aliphatic heterocycles. The summed E-state index contributed by atoms with van der Waals surface area (Å²) in [5.74, 6) is -0.412. The lowest BCUT2D eigenvalue weighted by Gasteiger charge is -2.37. The Morgan fingerprint density at radius 2 is 2.03 bits per heavy atom. The minimum absolute atomic E-state index is 0.159. The average Bonchev–Trinajstić information content (AvgIpc) is 3.27. The van der Waals surface area contributed by atoms with Gasteiger partial charge in [0.1, 0.15) is 5.54 Å². The van der Waals surface area contributed by atoms with Gasteiger partial charge in [-0.25, -0.2) is 9.78 Å². The van der Waals surface area contributed by atoms with Crippen molar-refractivity contribution >= 4 is 23.5 Å². The molecule has 0 saturated heterocycles. The van der Waals surface area contributed by atoms with Gasteiger partial charge in [-0.05, 0) is 49.8 Å². The molecule has 1 fully saturated rings. The number of benzene rings is 1. The quantitative estimate of drug-likeness (QED) is 0.681. The van der Waals surface area contributed by atoms with Gasteiger partial charge in [-0.3, -0.25) is 9.59 Å². The van der Waals surface area contributed by atoms with Crippen molar-refractivity contribution in [3.63, 3.8) is 0 Å². The summed E-state index contributed by atoms with van der Waals surface area (Å²) in [6, 6.07) is 6.70. The van der Waals surface area contributed by atoms with Crippen LogP contribution in [0.1, 0.15) is 49.4 Å². The molecule has 160 valence electrons. The van der Waals surface area contributed by atoms with Gasteiger partial charge in [-0.15, -0.1) is 0 Å². The van der Waals surface area contributed by atoms with Gasteiger partial charge in [0.25, 0.3) is 5.91 Å². The Balaban J connectivity index is 1.64. The Kier molecular flexibility index (Phi) is 6.87. The third kappa shape index (κ3) is 5.25. The summed E-state index contributed by atoms with van der Waals surface area (Å²) in [4.78, 5) is 41.5. The third-order valence-electron chi connectivity index (χ3n) is 5.62. The fourth-order valence-electron chi connectivity index (χ4n) is 3.73. The van der Waals surface area contributed by atoms with Gasteiger partial charge in [-0.1, -0.05) is 13.0 Å². The van der Waals surface area contributed by atoms with Crippen LogP contribution in [-0.2, 0) is 20.9 Å². The van der Waals surface area contributed by atoms with Crippen molar-refractivity contribution in [3.8, 4) is 0 Å². The zero-order valence-corrected chi connectivity index (χ0v) is 17.4. The van der Waals surface area contributed by atoms with E-state index in [0.29, 0.717) is 36.6 Å². The molecular weight excluding hydrogens is 384 g/mol. The first-order chi connectivity index (χ1) is 14.4. The largest absolute Gasteiger partial charge is 0.467 e. The van der Waals surface area contributed by atoms with Crippen molar-refractivity contribution in [3.05, 3.63) is 48.5 Å². The van der Waals surface area contributed by atoms with E-state index in [1.165, 1.54) is 7.11 Å². The van der Waals surface area contributed by atoms with Crippen molar-refractivity contribution in [2.75, 3.05) is 12.4 Å². The molecule has 8 heteroatoms. The van der Waals surface area contributed by atoms with E-state index in [1.807, 2.05) is 4.57 Å². The second kappa shape index (κ2) is 9.56. The number of esters is 1. The highest BCUT2D eigenvalue weighted by atomic mass is 16.5. The van der Waals surface area contributed by atoms with Crippen LogP contribution in [-0.4, -0.2) is 40.0 Å². The molecule has 8 nitrogen and oxygen atoms in total. The van der Waals surface area contributed by atoms with Gasteiger partial charge in [0.15, 0.2) is 0 Å². The molecule has 1 aromatic heterocycles. The molecule has 0 atom stereocenters. The number of carbonyl (C=O) groups excluding carboxylic acids is 3. The van der Waals surface area contributed by atoms with Crippen molar-refractivity contribution in [1.29, 1.82) is 0 Å². The Morgan fingerprint density at radius 1 is 1.27 bits per heavy atom. The number of nitrogens with one attached hydrogen (secondary N) is 2. The number of anilines is 1. The second-order valence-corrected chi connectivity index (χ2v) is 7.89. The number of imidazole rings is 1. The molecule has 2 amide bonds. The van der Waals surface area contributed by atoms with Gasteiger partial charge in [0.05, 0.1) is 13.4 Å². The average molecular weight is 412 g/mol. The number of nitrogens with zero attached hydrogens (tertiary/aromatic N) is 2. The lowest BCUT2D eigenvalue weighted by atomic mass is 9.77. The van der Waals surface area contributed by atoms with Crippen LogP contribution < -0.4 is 10.6 Å². The van der Waals surface area contributed by atoms with E-state index in [4.69, 9.17) is 4.74 Å². The van der Waals surface area contributed by atoms with Crippen LogP contribution in [0.2, 0.25) is 0 Å². The Labute approximate surface area is 176 Å². The summed E-state index contributed by atoms with van der Waals surface area (Å²) < 4.78 is 6.80. The number of aryl methyl sites for hydroxylation is 1. The Morgan fingerprint density at radius 3 is 2.70 bits per heavy atom. The number of ether oxygens (including phenoxy) is 1. The molecule has 1 saturated carbocycles. The number of carbonyl (C=O) groups is 3. The summed E-state index contributed by atoms with van der Waals surface area (Å²) in [6.07, 6.45) is 8.20. The first-order valence-corrected chi connectivity index (χ1v) is 10.2. The fraction of sp³-hybridized carbons (Fsp3) is 0.455. The number of hydrogen-bond acceptors (Lipinski definition) is 5.